The van der Waals surface area contributed by atoms with Crippen LogP contribution in [0.25, 0.3) is 22.3 Å². The normalized spacial score (nSPS) is 11.6. The van der Waals surface area contributed by atoms with Crippen molar-refractivity contribution in [3.8, 4) is 22.3 Å². The first-order valence-electron chi connectivity index (χ1n) is 7.59. The molecule has 7 heteroatoms. The van der Waals surface area contributed by atoms with E-state index in [1.165, 1.54) is 6.07 Å². The minimum absolute atomic E-state index is 0.527. The van der Waals surface area contributed by atoms with E-state index in [1.54, 1.807) is 6.07 Å². The summed E-state index contributed by atoms with van der Waals surface area (Å²) in [5.74, 6) is -0.889. The number of hydrogen-bond acceptors (Lipinski definition) is 3. The van der Waals surface area contributed by atoms with Crippen LogP contribution >= 0.6 is 24.2 Å². The number of sulfonamides is 1. The predicted molar refractivity (Wildman–Crippen MR) is 106 cm³/mol. The van der Waals surface area contributed by atoms with Crippen molar-refractivity contribution in [3.05, 3.63) is 71.0 Å². The third kappa shape index (κ3) is 3.78. The zero-order chi connectivity index (χ0) is 19.1. The van der Waals surface area contributed by atoms with E-state index >= 15 is 0 Å². The van der Waals surface area contributed by atoms with E-state index in [1.807, 2.05) is 37.3 Å². The zero-order valence-electron chi connectivity index (χ0n) is 13.7. The van der Waals surface area contributed by atoms with Gasteiger partial charge in [-0.05, 0) is 59.0 Å². The summed E-state index contributed by atoms with van der Waals surface area (Å²) >= 11 is 10.7. The van der Waals surface area contributed by atoms with E-state index in [0.717, 1.165) is 28.8 Å². The topological polar surface area (TPSA) is 60.2 Å². The number of primary sulfonamides is 1. The Morgan fingerprint density at radius 3 is 2.15 bits per heavy atom. The molecule has 26 heavy (non-hydrogen) atoms. The second-order valence-electron chi connectivity index (χ2n) is 5.89. The lowest BCUT2D eigenvalue weighted by Gasteiger charge is -2.11. The standard InChI is InChI=1S/C19H15ClFNO2S2/c1-11-2-3-14(8-16(11)20)15-6-4-13(10-18(15)25)12-5-7-19(17(21)9-12)26(22,23)24/h2-10,25H,1H3,(H2,22,23,24). The highest BCUT2D eigenvalue weighted by molar-refractivity contribution is 7.89. The number of benzene rings is 3. The van der Waals surface area contributed by atoms with Crippen LogP contribution in [-0.2, 0) is 10.0 Å². The average Bonchev–Trinajstić information content (AvgIpc) is 2.56. The van der Waals surface area contributed by atoms with Crippen LogP contribution in [0.2, 0.25) is 5.02 Å². The fourth-order valence-electron chi connectivity index (χ4n) is 2.63. The van der Waals surface area contributed by atoms with Gasteiger partial charge in [0.25, 0.3) is 0 Å². The molecular weight excluding hydrogens is 393 g/mol. The van der Waals surface area contributed by atoms with Crippen molar-refractivity contribution in [1.82, 2.24) is 0 Å². The van der Waals surface area contributed by atoms with E-state index in [4.69, 9.17) is 16.7 Å². The van der Waals surface area contributed by atoms with Gasteiger partial charge in [-0.1, -0.05) is 41.9 Å². The van der Waals surface area contributed by atoms with Crippen LogP contribution in [0.4, 0.5) is 4.39 Å². The summed E-state index contributed by atoms with van der Waals surface area (Å²) < 4.78 is 36.7. The summed E-state index contributed by atoms with van der Waals surface area (Å²) in [5.41, 5.74) is 4.03. The molecule has 3 nitrogen and oxygen atoms in total. The minimum atomic E-state index is -4.09. The summed E-state index contributed by atoms with van der Waals surface area (Å²) in [4.78, 5) is 0.164. The monoisotopic (exact) mass is 407 g/mol. The van der Waals surface area contributed by atoms with E-state index in [9.17, 15) is 12.8 Å². The van der Waals surface area contributed by atoms with Crippen LogP contribution in [0.5, 0.6) is 0 Å². The molecule has 2 N–H and O–H groups in total. The molecule has 0 saturated carbocycles. The maximum atomic E-state index is 14.1. The van der Waals surface area contributed by atoms with Crippen LogP contribution < -0.4 is 5.14 Å². The largest absolute Gasteiger partial charge is 0.240 e. The van der Waals surface area contributed by atoms with Crippen LogP contribution in [0.1, 0.15) is 5.56 Å². The van der Waals surface area contributed by atoms with Crippen LogP contribution in [0, 0.1) is 12.7 Å². The Morgan fingerprint density at radius 1 is 0.962 bits per heavy atom. The van der Waals surface area contributed by atoms with E-state index in [-0.39, 0.29) is 0 Å². The number of thiol groups is 1. The highest BCUT2D eigenvalue weighted by atomic mass is 35.5. The lowest BCUT2D eigenvalue weighted by Crippen LogP contribution is -2.13. The van der Waals surface area contributed by atoms with Gasteiger partial charge in [-0.2, -0.15) is 0 Å². The van der Waals surface area contributed by atoms with E-state index < -0.39 is 20.7 Å². The van der Waals surface area contributed by atoms with E-state index in [0.29, 0.717) is 21.0 Å². The van der Waals surface area contributed by atoms with E-state index in [2.05, 4.69) is 12.6 Å². The first kappa shape index (κ1) is 18.9. The summed E-state index contributed by atoms with van der Waals surface area (Å²) in [6, 6.07) is 15.0. The molecule has 0 aromatic heterocycles. The lowest BCUT2D eigenvalue weighted by atomic mass is 9.99. The molecule has 0 saturated heterocycles. The van der Waals surface area contributed by atoms with Gasteiger partial charge in [0.15, 0.2) is 0 Å². The Labute approximate surface area is 162 Å². The summed E-state index contributed by atoms with van der Waals surface area (Å²) in [5, 5.41) is 5.65. The van der Waals surface area contributed by atoms with Gasteiger partial charge in [0.1, 0.15) is 10.7 Å². The van der Waals surface area contributed by atoms with Crippen LogP contribution in [0.3, 0.4) is 0 Å². The fraction of sp³-hybridized carbons (Fsp3) is 0.0526. The zero-order valence-corrected chi connectivity index (χ0v) is 16.2. The highest BCUT2D eigenvalue weighted by Gasteiger charge is 2.15. The Bertz CT molecular complexity index is 1110. The molecule has 3 aromatic rings. The molecule has 0 unspecified atom stereocenters. The van der Waals surface area contributed by atoms with Crippen molar-refractivity contribution >= 4 is 34.3 Å². The Kier molecular flexibility index (Phi) is 5.12. The summed E-state index contributed by atoms with van der Waals surface area (Å²) in [6.07, 6.45) is 0. The summed E-state index contributed by atoms with van der Waals surface area (Å²) in [6.45, 7) is 1.93. The number of hydrogen-bond donors (Lipinski definition) is 2. The van der Waals surface area contributed by atoms with Crippen LogP contribution in [0.15, 0.2) is 64.4 Å². The molecule has 3 aromatic carbocycles. The van der Waals surface area contributed by atoms with Crippen molar-refractivity contribution in [2.75, 3.05) is 0 Å². The molecule has 0 radical (unpaired) electrons. The fourth-order valence-corrected chi connectivity index (χ4v) is 3.74. The quantitative estimate of drug-likeness (QED) is 0.596. The molecule has 0 spiro atoms. The second kappa shape index (κ2) is 7.04. The number of rotatable bonds is 3. The van der Waals surface area contributed by atoms with Crippen molar-refractivity contribution in [2.45, 2.75) is 16.7 Å². The third-order valence-corrected chi connectivity index (χ3v) is 5.77. The molecule has 0 atom stereocenters. The molecule has 0 aliphatic rings. The van der Waals surface area contributed by atoms with Crippen molar-refractivity contribution < 1.29 is 12.8 Å². The van der Waals surface area contributed by atoms with Gasteiger partial charge in [0, 0.05) is 9.92 Å². The van der Waals surface area contributed by atoms with Gasteiger partial charge >= 0.3 is 0 Å². The molecule has 0 aliphatic heterocycles. The number of nitrogens with two attached hydrogens (primary N) is 1. The Morgan fingerprint density at radius 2 is 1.58 bits per heavy atom. The van der Waals surface area contributed by atoms with Crippen molar-refractivity contribution in [1.29, 1.82) is 0 Å². The van der Waals surface area contributed by atoms with Crippen LogP contribution in [-0.4, -0.2) is 8.42 Å². The second-order valence-corrected chi connectivity index (χ2v) is 8.30. The maximum absolute atomic E-state index is 14.1. The lowest BCUT2D eigenvalue weighted by molar-refractivity contribution is 0.568. The smallest absolute Gasteiger partial charge is 0.225 e. The number of halogens is 2. The van der Waals surface area contributed by atoms with Gasteiger partial charge in [0.2, 0.25) is 10.0 Å². The SMILES string of the molecule is Cc1ccc(-c2ccc(-c3ccc(S(N)(=O)=O)c(F)c3)cc2S)cc1Cl. The number of aryl methyl sites for hydroxylation is 1. The van der Waals surface area contributed by atoms with Gasteiger partial charge in [0.05, 0.1) is 0 Å². The van der Waals surface area contributed by atoms with Crippen molar-refractivity contribution in [2.24, 2.45) is 5.14 Å². The predicted octanol–water partition coefficient (Wildman–Crippen LogP) is 5.06. The van der Waals surface area contributed by atoms with Crippen molar-refractivity contribution in [3.63, 3.8) is 0 Å². The molecule has 0 bridgehead atoms. The third-order valence-electron chi connectivity index (χ3n) is 4.05. The van der Waals surface area contributed by atoms with Gasteiger partial charge in [-0.15, -0.1) is 12.6 Å². The van der Waals surface area contributed by atoms with Gasteiger partial charge < -0.3 is 0 Å². The van der Waals surface area contributed by atoms with Gasteiger partial charge in [-0.3, -0.25) is 0 Å². The molecule has 0 heterocycles. The Hall–Kier alpha value is -1.86. The molecule has 134 valence electrons. The molecule has 0 aliphatic carbocycles. The van der Waals surface area contributed by atoms with Gasteiger partial charge in [-0.25, -0.2) is 17.9 Å². The first-order valence-corrected chi connectivity index (χ1v) is 9.96. The molecule has 0 fully saturated rings. The maximum Gasteiger partial charge on any atom is 0.240 e. The minimum Gasteiger partial charge on any atom is -0.225 e. The molecule has 3 rings (SSSR count). The average molecular weight is 408 g/mol. The molecular formula is C19H15ClFNO2S2. The Balaban J connectivity index is 2.02. The molecule has 0 amide bonds. The summed E-state index contributed by atoms with van der Waals surface area (Å²) in [7, 11) is -4.09. The highest BCUT2D eigenvalue weighted by Crippen LogP contribution is 2.33. The first-order chi connectivity index (χ1) is 12.2.